The Hall–Kier alpha value is -0.850. The number of esters is 1. The molecule has 9 N–H and O–H groups in total. The van der Waals surface area contributed by atoms with Crippen LogP contribution in [0.15, 0.2) is 0 Å². The molecule has 27 heavy (non-hydrogen) atoms. The maximum atomic E-state index is 11.7. The van der Waals surface area contributed by atoms with Gasteiger partial charge in [-0.2, -0.15) is 0 Å². The fourth-order valence-electron chi connectivity index (χ4n) is 3.42. The summed E-state index contributed by atoms with van der Waals surface area (Å²) in [4.78, 5) is 11.7. The zero-order valence-electron chi connectivity index (χ0n) is 16.6. The van der Waals surface area contributed by atoms with E-state index in [-0.39, 0.29) is 23.6 Å². The fraction of sp³-hybridized carbons (Fsp3) is 0.941. The number of hydrogen-bond acceptors (Lipinski definition) is 10. The van der Waals surface area contributed by atoms with Gasteiger partial charge in [0.05, 0.1) is 24.7 Å². The standard InChI is InChI=1S/C17H38N8O2/c1-27-15(26)8-25-17-12-22-5-2-19-9-16(18,10-20-3-6-23-13-17)11-21-4-7-24-14-17/h19-25H,2-14,18H2,1H3. The SMILES string of the molecule is COC(=O)CNC12CNCCNCC(N)(CNCCNC1)CNCCNC2. The predicted octanol–water partition coefficient (Wildman–Crippen LogP) is -4.25. The van der Waals surface area contributed by atoms with Gasteiger partial charge in [0.25, 0.3) is 0 Å². The van der Waals surface area contributed by atoms with E-state index in [0.717, 1.165) is 78.5 Å². The molecule has 3 aliphatic heterocycles. The minimum atomic E-state index is -0.319. The first-order valence-corrected chi connectivity index (χ1v) is 9.93. The molecule has 0 radical (unpaired) electrons. The second kappa shape index (κ2) is 11.9. The van der Waals surface area contributed by atoms with Crippen LogP contribution < -0.4 is 43.0 Å². The summed E-state index contributed by atoms with van der Waals surface area (Å²) in [5.41, 5.74) is 5.99. The van der Waals surface area contributed by atoms with E-state index in [1.807, 2.05) is 0 Å². The van der Waals surface area contributed by atoms with Gasteiger partial charge in [-0.15, -0.1) is 0 Å². The molecule has 0 spiro atoms. The molecule has 0 atom stereocenters. The van der Waals surface area contributed by atoms with Crippen molar-refractivity contribution in [1.29, 1.82) is 0 Å². The van der Waals surface area contributed by atoms with Crippen molar-refractivity contribution in [2.45, 2.75) is 11.1 Å². The molecular formula is C17H38N8O2. The Morgan fingerprint density at radius 3 is 1.56 bits per heavy atom. The van der Waals surface area contributed by atoms with Crippen molar-refractivity contribution in [2.24, 2.45) is 5.73 Å². The fourth-order valence-corrected chi connectivity index (χ4v) is 3.42. The van der Waals surface area contributed by atoms with E-state index in [1.54, 1.807) is 0 Å². The molecule has 0 aromatic rings. The van der Waals surface area contributed by atoms with Gasteiger partial charge in [0.15, 0.2) is 0 Å². The lowest BCUT2D eigenvalue weighted by molar-refractivity contribution is -0.139. The number of carbonyl (C=O) groups excluding carboxylic acids is 1. The minimum Gasteiger partial charge on any atom is -0.468 e. The molecule has 10 heteroatoms. The van der Waals surface area contributed by atoms with E-state index in [4.69, 9.17) is 10.5 Å². The molecule has 158 valence electrons. The maximum absolute atomic E-state index is 11.7. The van der Waals surface area contributed by atoms with Crippen LogP contribution in [0.3, 0.4) is 0 Å². The first kappa shape index (κ1) is 22.4. The molecule has 0 aliphatic carbocycles. The highest BCUT2D eigenvalue weighted by Gasteiger charge is 2.30. The van der Waals surface area contributed by atoms with Gasteiger partial charge in [-0.1, -0.05) is 0 Å². The van der Waals surface area contributed by atoms with Gasteiger partial charge in [0.2, 0.25) is 0 Å². The summed E-state index contributed by atoms with van der Waals surface area (Å²) in [5.74, 6) is -0.257. The van der Waals surface area contributed by atoms with E-state index >= 15 is 0 Å². The van der Waals surface area contributed by atoms with Gasteiger partial charge in [-0.05, 0) is 0 Å². The van der Waals surface area contributed by atoms with Gasteiger partial charge in [0, 0.05) is 78.5 Å². The van der Waals surface area contributed by atoms with E-state index in [0.29, 0.717) is 0 Å². The van der Waals surface area contributed by atoms with Crippen LogP contribution in [0.2, 0.25) is 0 Å². The zero-order valence-corrected chi connectivity index (χ0v) is 16.6. The Bertz CT molecular complexity index is 394. The molecule has 3 rings (SSSR count). The number of hydrogen-bond donors (Lipinski definition) is 8. The molecule has 3 heterocycles. The molecule has 3 aliphatic rings. The van der Waals surface area contributed by atoms with Crippen LogP contribution in [0.25, 0.3) is 0 Å². The topological polar surface area (TPSA) is 137 Å². The Morgan fingerprint density at radius 2 is 1.19 bits per heavy atom. The van der Waals surface area contributed by atoms with Gasteiger partial charge in [0.1, 0.15) is 0 Å². The molecule has 0 aromatic carbocycles. The third-order valence-electron chi connectivity index (χ3n) is 5.09. The van der Waals surface area contributed by atoms with Crippen LogP contribution in [-0.4, -0.2) is 109 Å². The Labute approximate surface area is 162 Å². The highest BCUT2D eigenvalue weighted by Crippen LogP contribution is 2.03. The molecule has 0 saturated carbocycles. The molecular weight excluding hydrogens is 348 g/mol. The van der Waals surface area contributed by atoms with Crippen molar-refractivity contribution >= 4 is 5.97 Å². The predicted molar refractivity (Wildman–Crippen MR) is 107 cm³/mol. The second-order valence-corrected chi connectivity index (χ2v) is 7.63. The lowest BCUT2D eigenvalue weighted by Crippen LogP contribution is -2.66. The maximum Gasteiger partial charge on any atom is 0.319 e. The second-order valence-electron chi connectivity index (χ2n) is 7.63. The van der Waals surface area contributed by atoms with Gasteiger partial charge in [-0.25, -0.2) is 0 Å². The summed E-state index contributed by atoms with van der Waals surface area (Å²) in [6.45, 7) is 9.67. The number of rotatable bonds is 3. The van der Waals surface area contributed by atoms with E-state index in [1.165, 1.54) is 7.11 Å². The average Bonchev–Trinajstić information content (AvgIpc) is 2.67. The highest BCUT2D eigenvalue weighted by atomic mass is 16.5. The van der Waals surface area contributed by atoms with Crippen molar-refractivity contribution in [1.82, 2.24) is 37.2 Å². The van der Waals surface area contributed by atoms with Crippen LogP contribution in [-0.2, 0) is 9.53 Å². The Balaban J connectivity index is 2.09. The van der Waals surface area contributed by atoms with Crippen molar-refractivity contribution in [3.8, 4) is 0 Å². The number of nitrogens with one attached hydrogen (secondary N) is 7. The molecule has 2 bridgehead atoms. The smallest absolute Gasteiger partial charge is 0.319 e. The monoisotopic (exact) mass is 386 g/mol. The van der Waals surface area contributed by atoms with Crippen LogP contribution in [0, 0.1) is 0 Å². The number of fused-ring (bicyclic) bond motifs is 15. The van der Waals surface area contributed by atoms with E-state index < -0.39 is 0 Å². The van der Waals surface area contributed by atoms with Crippen molar-refractivity contribution in [3.63, 3.8) is 0 Å². The minimum absolute atomic E-state index is 0.186. The summed E-state index contributed by atoms with van der Waals surface area (Å²) in [5, 5.41) is 24.4. The number of ether oxygens (including phenoxy) is 1. The van der Waals surface area contributed by atoms with Crippen molar-refractivity contribution in [3.05, 3.63) is 0 Å². The number of methoxy groups -OCH3 is 1. The molecule has 3 saturated heterocycles. The lowest BCUT2D eigenvalue weighted by Gasteiger charge is -2.37. The first-order valence-electron chi connectivity index (χ1n) is 9.93. The lowest BCUT2D eigenvalue weighted by atomic mass is 9.98. The van der Waals surface area contributed by atoms with Gasteiger partial charge in [-0.3, -0.25) is 10.1 Å². The number of carbonyl (C=O) groups is 1. The molecule has 0 unspecified atom stereocenters. The average molecular weight is 387 g/mol. The highest BCUT2D eigenvalue weighted by molar-refractivity contribution is 5.71. The van der Waals surface area contributed by atoms with Crippen LogP contribution in [0.4, 0.5) is 0 Å². The molecule has 0 amide bonds. The molecule has 3 fully saturated rings. The Morgan fingerprint density at radius 1 is 0.815 bits per heavy atom. The normalized spacial score (nSPS) is 32.4. The van der Waals surface area contributed by atoms with Crippen LogP contribution in [0.1, 0.15) is 0 Å². The Kier molecular flexibility index (Phi) is 9.87. The van der Waals surface area contributed by atoms with Gasteiger partial charge < -0.3 is 42.4 Å². The molecule has 10 nitrogen and oxygen atoms in total. The van der Waals surface area contributed by atoms with E-state index in [2.05, 4.69) is 37.2 Å². The summed E-state index contributed by atoms with van der Waals surface area (Å²) in [7, 11) is 1.41. The van der Waals surface area contributed by atoms with Crippen LogP contribution >= 0.6 is 0 Å². The quantitative estimate of drug-likeness (QED) is 0.225. The summed E-state index contributed by atoms with van der Waals surface area (Å²) in [6.07, 6.45) is 0. The van der Waals surface area contributed by atoms with E-state index in [9.17, 15) is 4.79 Å². The summed E-state index contributed by atoms with van der Waals surface area (Å²) < 4.78 is 4.81. The van der Waals surface area contributed by atoms with Crippen molar-refractivity contribution in [2.75, 3.05) is 92.2 Å². The third kappa shape index (κ3) is 8.36. The third-order valence-corrected chi connectivity index (χ3v) is 5.09. The largest absolute Gasteiger partial charge is 0.468 e. The van der Waals surface area contributed by atoms with Gasteiger partial charge >= 0.3 is 5.97 Å². The number of nitrogens with two attached hydrogens (primary N) is 1. The van der Waals surface area contributed by atoms with Crippen molar-refractivity contribution < 1.29 is 9.53 Å². The summed E-state index contributed by atoms with van der Waals surface area (Å²) >= 11 is 0. The summed E-state index contributed by atoms with van der Waals surface area (Å²) in [6, 6.07) is 0. The zero-order chi connectivity index (χ0) is 19.4. The molecule has 0 aromatic heterocycles. The van der Waals surface area contributed by atoms with Crippen LogP contribution in [0.5, 0.6) is 0 Å². The first-order chi connectivity index (χ1) is 13.1.